The predicted octanol–water partition coefficient (Wildman–Crippen LogP) is 4.56. The molecule has 0 atom stereocenters. The van der Waals surface area contributed by atoms with E-state index in [0.29, 0.717) is 17.7 Å². The van der Waals surface area contributed by atoms with Crippen molar-refractivity contribution in [1.29, 1.82) is 0 Å². The molecule has 0 aliphatic heterocycles. The van der Waals surface area contributed by atoms with Crippen LogP contribution in [0.5, 0.6) is 5.75 Å². The van der Waals surface area contributed by atoms with E-state index in [1.165, 1.54) is 6.20 Å². The zero-order valence-electron chi connectivity index (χ0n) is 12.3. The fourth-order valence-corrected chi connectivity index (χ4v) is 2.43. The summed E-state index contributed by atoms with van der Waals surface area (Å²) in [6, 6.07) is 1.80. The molecular weight excluding hydrogens is 245 g/mol. The number of halogens is 1. The van der Waals surface area contributed by atoms with Crippen molar-refractivity contribution in [2.24, 2.45) is 0 Å². The number of hydrogen-bond acceptors (Lipinski definition) is 2. The van der Waals surface area contributed by atoms with Crippen molar-refractivity contribution in [2.45, 2.75) is 58.7 Å². The molecule has 1 aromatic rings. The molecule has 0 saturated heterocycles. The van der Waals surface area contributed by atoms with Gasteiger partial charge in [-0.2, -0.15) is 4.39 Å². The molecule has 0 fully saturated rings. The third-order valence-electron chi connectivity index (χ3n) is 3.59. The Balaban J connectivity index is 2.95. The van der Waals surface area contributed by atoms with Crippen molar-refractivity contribution >= 4 is 8.32 Å². The Morgan fingerprint density at radius 1 is 1.33 bits per heavy atom. The lowest BCUT2D eigenvalue weighted by molar-refractivity contribution is 0.482. The van der Waals surface area contributed by atoms with Crippen molar-refractivity contribution in [3.8, 4) is 5.75 Å². The molecule has 0 radical (unpaired) electrons. The van der Waals surface area contributed by atoms with Gasteiger partial charge in [0.05, 0.1) is 6.20 Å². The Bertz CT molecular complexity index is 413. The van der Waals surface area contributed by atoms with Gasteiger partial charge < -0.3 is 4.43 Å². The van der Waals surface area contributed by atoms with Gasteiger partial charge in [-0.25, -0.2) is 4.98 Å². The van der Waals surface area contributed by atoms with E-state index in [1.54, 1.807) is 6.07 Å². The van der Waals surface area contributed by atoms with E-state index in [-0.39, 0.29) is 11.0 Å². The van der Waals surface area contributed by atoms with Crippen molar-refractivity contribution in [3.05, 3.63) is 23.8 Å². The number of aromatic nitrogens is 1. The lowest BCUT2D eigenvalue weighted by Crippen LogP contribution is -2.43. The summed E-state index contributed by atoms with van der Waals surface area (Å²) < 4.78 is 19.6. The molecule has 4 heteroatoms. The molecule has 1 rings (SSSR count). The fraction of sp³-hybridized carbons (Fsp3) is 0.643. The number of rotatable bonds is 4. The number of aryl methyl sites for hydroxylation is 1. The summed E-state index contributed by atoms with van der Waals surface area (Å²) in [6.07, 6.45) is 3.10. The lowest BCUT2D eigenvalue weighted by Gasteiger charge is -2.36. The molecule has 102 valence electrons. The Morgan fingerprint density at radius 3 is 2.44 bits per heavy atom. The molecule has 0 N–H and O–H groups in total. The van der Waals surface area contributed by atoms with Gasteiger partial charge in [-0.1, -0.05) is 34.1 Å². The quantitative estimate of drug-likeness (QED) is 0.590. The number of hydrogen-bond donors (Lipinski definition) is 0. The highest BCUT2D eigenvalue weighted by Crippen LogP contribution is 2.37. The van der Waals surface area contributed by atoms with Crippen molar-refractivity contribution < 1.29 is 8.82 Å². The van der Waals surface area contributed by atoms with Gasteiger partial charge in [-0.15, -0.1) is 0 Å². The minimum Gasteiger partial charge on any atom is -0.542 e. The zero-order valence-corrected chi connectivity index (χ0v) is 13.3. The average molecular weight is 269 g/mol. The largest absolute Gasteiger partial charge is 0.542 e. The van der Waals surface area contributed by atoms with Crippen LogP contribution in [0.4, 0.5) is 4.39 Å². The Hall–Kier alpha value is -0.903. The van der Waals surface area contributed by atoms with Gasteiger partial charge in [0, 0.05) is 5.56 Å². The molecule has 0 aliphatic rings. The van der Waals surface area contributed by atoms with E-state index in [1.807, 2.05) is 6.92 Å². The fourth-order valence-electron chi connectivity index (χ4n) is 1.42. The van der Waals surface area contributed by atoms with Crippen LogP contribution in [0.15, 0.2) is 12.3 Å². The molecule has 0 spiro atoms. The second kappa shape index (κ2) is 5.39. The molecule has 0 aromatic carbocycles. The predicted molar refractivity (Wildman–Crippen MR) is 76.0 cm³/mol. The summed E-state index contributed by atoms with van der Waals surface area (Å²) in [6.45, 7) is 12.9. The first kappa shape index (κ1) is 15.2. The summed E-state index contributed by atoms with van der Waals surface area (Å²) in [4.78, 5) is 3.79. The summed E-state index contributed by atoms with van der Waals surface area (Å²) in [5, 5.41) is 0.131. The van der Waals surface area contributed by atoms with E-state index in [9.17, 15) is 4.39 Å². The normalized spacial score (nSPS) is 12.6. The van der Waals surface area contributed by atoms with Gasteiger partial charge in [0.2, 0.25) is 5.95 Å². The molecule has 0 amide bonds. The van der Waals surface area contributed by atoms with Gasteiger partial charge in [0.15, 0.2) is 0 Å². The molecule has 0 saturated carbocycles. The highest BCUT2D eigenvalue weighted by atomic mass is 28.4. The van der Waals surface area contributed by atoms with Crippen molar-refractivity contribution in [2.75, 3.05) is 0 Å². The van der Waals surface area contributed by atoms with E-state index in [0.717, 1.165) is 6.42 Å². The van der Waals surface area contributed by atoms with Crippen LogP contribution in [0.25, 0.3) is 0 Å². The van der Waals surface area contributed by atoms with Gasteiger partial charge in [-0.05, 0) is 30.6 Å². The van der Waals surface area contributed by atoms with Crippen molar-refractivity contribution in [3.63, 3.8) is 0 Å². The minimum absolute atomic E-state index is 0.131. The smallest absolute Gasteiger partial charge is 0.250 e. The Labute approximate surface area is 111 Å². The monoisotopic (exact) mass is 269 g/mol. The van der Waals surface area contributed by atoms with Crippen LogP contribution in [0, 0.1) is 5.95 Å². The second-order valence-electron chi connectivity index (χ2n) is 6.23. The van der Waals surface area contributed by atoms with Gasteiger partial charge >= 0.3 is 0 Å². The third kappa shape index (κ3) is 3.54. The highest BCUT2D eigenvalue weighted by molar-refractivity contribution is 6.74. The van der Waals surface area contributed by atoms with E-state index < -0.39 is 8.32 Å². The summed E-state index contributed by atoms with van der Waals surface area (Å²) in [5.74, 6) is 0.325. The van der Waals surface area contributed by atoms with Gasteiger partial charge in [0.1, 0.15) is 5.75 Å². The molecule has 1 heterocycles. The SMILES string of the molecule is CCCc1cc(O[Si](C)(C)C(C)(C)C)cnc1F. The van der Waals surface area contributed by atoms with Crippen LogP contribution in [0.2, 0.25) is 18.1 Å². The molecule has 0 aliphatic carbocycles. The standard InChI is InChI=1S/C14H24FNOSi/c1-7-8-11-9-12(10-16-13(11)15)17-18(5,6)14(2,3)4/h9-10H,7-8H2,1-6H3. The van der Waals surface area contributed by atoms with Gasteiger partial charge in [0.25, 0.3) is 8.32 Å². The topological polar surface area (TPSA) is 22.1 Å². The maximum atomic E-state index is 13.5. The highest BCUT2D eigenvalue weighted by Gasteiger charge is 2.39. The number of pyridine rings is 1. The van der Waals surface area contributed by atoms with Crippen LogP contribution in [-0.4, -0.2) is 13.3 Å². The third-order valence-corrected chi connectivity index (χ3v) is 7.94. The molecule has 0 unspecified atom stereocenters. The van der Waals surface area contributed by atoms with Crippen LogP contribution in [0.3, 0.4) is 0 Å². The maximum Gasteiger partial charge on any atom is 0.250 e. The molecule has 1 aromatic heterocycles. The lowest BCUT2D eigenvalue weighted by atomic mass is 10.2. The number of nitrogens with zero attached hydrogens (tertiary/aromatic N) is 1. The maximum absolute atomic E-state index is 13.5. The van der Waals surface area contributed by atoms with Crippen molar-refractivity contribution in [1.82, 2.24) is 4.98 Å². The van der Waals surface area contributed by atoms with Gasteiger partial charge in [-0.3, -0.25) is 0 Å². The average Bonchev–Trinajstić information content (AvgIpc) is 2.21. The van der Waals surface area contributed by atoms with E-state index >= 15 is 0 Å². The first-order chi connectivity index (χ1) is 8.17. The first-order valence-electron chi connectivity index (χ1n) is 6.51. The Morgan fingerprint density at radius 2 is 1.94 bits per heavy atom. The van der Waals surface area contributed by atoms with Crippen LogP contribution >= 0.6 is 0 Å². The minimum atomic E-state index is -1.87. The molecule has 2 nitrogen and oxygen atoms in total. The molecular formula is C14H24FNOSi. The van der Waals surface area contributed by atoms with E-state index in [2.05, 4.69) is 38.8 Å². The van der Waals surface area contributed by atoms with Crippen LogP contribution in [0.1, 0.15) is 39.7 Å². The second-order valence-corrected chi connectivity index (χ2v) is 11.0. The molecule has 18 heavy (non-hydrogen) atoms. The van der Waals surface area contributed by atoms with E-state index in [4.69, 9.17) is 4.43 Å². The summed E-state index contributed by atoms with van der Waals surface area (Å²) >= 11 is 0. The zero-order chi connectivity index (χ0) is 14.0. The summed E-state index contributed by atoms with van der Waals surface area (Å²) in [5.41, 5.74) is 0.647. The summed E-state index contributed by atoms with van der Waals surface area (Å²) in [7, 11) is -1.87. The Kier molecular flexibility index (Phi) is 4.54. The van der Waals surface area contributed by atoms with Crippen LogP contribution < -0.4 is 4.43 Å². The van der Waals surface area contributed by atoms with Crippen LogP contribution in [-0.2, 0) is 6.42 Å². The first-order valence-corrected chi connectivity index (χ1v) is 9.41. The molecule has 0 bridgehead atoms.